The number of carbonyl (C=O) groups excluding carboxylic acids is 1. The van der Waals surface area contributed by atoms with Crippen LogP contribution in [0, 0.1) is 6.92 Å². The maximum Gasteiger partial charge on any atom is 0.256 e. The molecule has 4 nitrogen and oxygen atoms in total. The first kappa shape index (κ1) is 14.7. The van der Waals surface area contributed by atoms with Crippen LogP contribution in [0.4, 0.5) is 11.5 Å². The normalized spacial score (nSPS) is 13.9. The zero-order chi connectivity index (χ0) is 16.7. The molecule has 0 radical (unpaired) electrons. The Morgan fingerprint density at radius 2 is 1.92 bits per heavy atom. The third kappa shape index (κ3) is 2.40. The van der Waals surface area contributed by atoms with Crippen LogP contribution in [-0.4, -0.2) is 15.7 Å². The van der Waals surface area contributed by atoms with Gasteiger partial charge in [0.25, 0.3) is 5.91 Å². The SMILES string of the molecule is C=CC(=O)N(c1ccc(C)cc1)c1nn(C2CC2)c2ccccc12. The van der Waals surface area contributed by atoms with E-state index >= 15 is 0 Å². The summed E-state index contributed by atoms with van der Waals surface area (Å²) in [6.07, 6.45) is 3.63. The zero-order valence-electron chi connectivity index (χ0n) is 13.6. The lowest BCUT2D eigenvalue weighted by Crippen LogP contribution is -2.24. The standard InChI is InChI=1S/C20H19N3O/c1-3-19(24)22(15-10-8-14(2)9-11-15)20-17-6-4-5-7-18(17)23(21-20)16-12-13-16/h3-11,16H,1,12-13H2,2H3. The zero-order valence-corrected chi connectivity index (χ0v) is 13.6. The fourth-order valence-corrected chi connectivity index (χ4v) is 2.97. The molecule has 1 saturated carbocycles. The van der Waals surface area contributed by atoms with Crippen LogP contribution in [0.15, 0.2) is 61.2 Å². The van der Waals surface area contributed by atoms with Crippen molar-refractivity contribution in [3.05, 3.63) is 66.7 Å². The molecule has 4 rings (SSSR count). The maximum atomic E-state index is 12.6. The highest BCUT2D eigenvalue weighted by molar-refractivity contribution is 6.10. The molecule has 2 aromatic carbocycles. The summed E-state index contributed by atoms with van der Waals surface area (Å²) in [4.78, 5) is 14.2. The van der Waals surface area contributed by atoms with Crippen molar-refractivity contribution < 1.29 is 4.79 Å². The number of benzene rings is 2. The topological polar surface area (TPSA) is 38.1 Å². The summed E-state index contributed by atoms with van der Waals surface area (Å²) >= 11 is 0. The van der Waals surface area contributed by atoms with Gasteiger partial charge in [-0.1, -0.05) is 36.4 Å². The molecule has 0 bridgehead atoms. The number of aromatic nitrogens is 2. The van der Waals surface area contributed by atoms with Gasteiger partial charge < -0.3 is 0 Å². The highest BCUT2D eigenvalue weighted by Gasteiger charge is 2.29. The lowest BCUT2D eigenvalue weighted by Gasteiger charge is -2.19. The van der Waals surface area contributed by atoms with E-state index < -0.39 is 0 Å². The number of hydrogen-bond donors (Lipinski definition) is 0. The summed E-state index contributed by atoms with van der Waals surface area (Å²) in [7, 11) is 0. The van der Waals surface area contributed by atoms with Gasteiger partial charge in [0.15, 0.2) is 5.82 Å². The number of aryl methyl sites for hydroxylation is 1. The first-order valence-electron chi connectivity index (χ1n) is 8.19. The summed E-state index contributed by atoms with van der Waals surface area (Å²) in [6, 6.07) is 16.4. The fourth-order valence-electron chi connectivity index (χ4n) is 2.97. The Kier molecular flexibility index (Phi) is 3.45. The molecule has 3 aromatic rings. The minimum atomic E-state index is -0.176. The second kappa shape index (κ2) is 5.64. The van der Waals surface area contributed by atoms with Gasteiger partial charge in [0.05, 0.1) is 17.2 Å². The summed E-state index contributed by atoms with van der Waals surface area (Å²) in [6.45, 7) is 5.69. The van der Waals surface area contributed by atoms with Crippen molar-refractivity contribution in [2.75, 3.05) is 4.90 Å². The van der Waals surface area contributed by atoms with Crippen LogP contribution in [0.1, 0.15) is 24.4 Å². The molecule has 0 spiro atoms. The van der Waals surface area contributed by atoms with Gasteiger partial charge in [-0.2, -0.15) is 5.10 Å². The molecule has 0 atom stereocenters. The third-order valence-corrected chi connectivity index (χ3v) is 4.39. The second-order valence-electron chi connectivity index (χ2n) is 6.23. The number of fused-ring (bicyclic) bond motifs is 1. The molecule has 1 aliphatic carbocycles. The van der Waals surface area contributed by atoms with E-state index in [9.17, 15) is 4.79 Å². The van der Waals surface area contributed by atoms with Gasteiger partial charge >= 0.3 is 0 Å². The Morgan fingerprint density at radius 3 is 2.58 bits per heavy atom. The number of para-hydroxylation sites is 1. The Bertz CT molecular complexity index is 920. The molecule has 1 aromatic heterocycles. The number of amides is 1. The molecule has 4 heteroatoms. The van der Waals surface area contributed by atoms with E-state index in [-0.39, 0.29) is 5.91 Å². The predicted molar refractivity (Wildman–Crippen MR) is 96.5 cm³/mol. The Hall–Kier alpha value is -2.88. The molecule has 0 unspecified atom stereocenters. The largest absolute Gasteiger partial charge is 0.269 e. The van der Waals surface area contributed by atoms with Crippen molar-refractivity contribution in [2.24, 2.45) is 0 Å². The van der Waals surface area contributed by atoms with Crippen LogP contribution < -0.4 is 4.90 Å². The Balaban J connectivity index is 1.92. The van der Waals surface area contributed by atoms with Crippen LogP contribution in [-0.2, 0) is 4.79 Å². The summed E-state index contributed by atoms with van der Waals surface area (Å²) < 4.78 is 2.06. The lowest BCUT2D eigenvalue weighted by atomic mass is 10.2. The van der Waals surface area contributed by atoms with E-state index in [1.165, 1.54) is 6.08 Å². The monoisotopic (exact) mass is 317 g/mol. The van der Waals surface area contributed by atoms with Gasteiger partial charge in [0, 0.05) is 5.39 Å². The minimum absolute atomic E-state index is 0.176. The number of nitrogens with zero attached hydrogens (tertiary/aromatic N) is 3. The number of carbonyl (C=O) groups is 1. The molecule has 1 aliphatic rings. The lowest BCUT2D eigenvalue weighted by molar-refractivity contribution is -0.113. The van der Waals surface area contributed by atoms with Crippen LogP contribution in [0.25, 0.3) is 10.9 Å². The van der Waals surface area contributed by atoms with Crippen molar-refractivity contribution in [1.82, 2.24) is 9.78 Å². The van der Waals surface area contributed by atoms with E-state index in [1.807, 2.05) is 49.4 Å². The van der Waals surface area contributed by atoms with Crippen LogP contribution >= 0.6 is 0 Å². The van der Waals surface area contributed by atoms with Gasteiger partial charge in [0.2, 0.25) is 0 Å². The van der Waals surface area contributed by atoms with E-state index in [0.717, 1.165) is 35.0 Å². The molecular formula is C20H19N3O. The molecule has 120 valence electrons. The van der Waals surface area contributed by atoms with Gasteiger partial charge in [-0.3, -0.25) is 14.4 Å². The van der Waals surface area contributed by atoms with Crippen molar-refractivity contribution >= 4 is 28.3 Å². The van der Waals surface area contributed by atoms with Crippen LogP contribution in [0.5, 0.6) is 0 Å². The molecular weight excluding hydrogens is 298 g/mol. The van der Waals surface area contributed by atoms with E-state index in [2.05, 4.69) is 17.3 Å². The van der Waals surface area contributed by atoms with Crippen molar-refractivity contribution in [1.29, 1.82) is 0 Å². The number of rotatable bonds is 4. The van der Waals surface area contributed by atoms with Crippen LogP contribution in [0.2, 0.25) is 0 Å². The van der Waals surface area contributed by atoms with Gasteiger partial charge in [-0.25, -0.2) is 0 Å². The number of hydrogen-bond acceptors (Lipinski definition) is 2. The third-order valence-electron chi connectivity index (χ3n) is 4.39. The number of anilines is 2. The van der Waals surface area contributed by atoms with Crippen LogP contribution in [0.3, 0.4) is 0 Å². The van der Waals surface area contributed by atoms with Crippen molar-refractivity contribution in [3.63, 3.8) is 0 Å². The first-order valence-corrected chi connectivity index (χ1v) is 8.19. The van der Waals surface area contributed by atoms with Gasteiger partial charge in [-0.05, 0) is 50.1 Å². The Labute approximate surface area is 141 Å². The summed E-state index contributed by atoms with van der Waals surface area (Å²) in [5, 5.41) is 5.78. The Morgan fingerprint density at radius 1 is 1.21 bits per heavy atom. The quantitative estimate of drug-likeness (QED) is 0.663. The maximum absolute atomic E-state index is 12.6. The van der Waals surface area contributed by atoms with Crippen molar-refractivity contribution in [2.45, 2.75) is 25.8 Å². The van der Waals surface area contributed by atoms with E-state index in [1.54, 1.807) is 4.90 Å². The van der Waals surface area contributed by atoms with Crippen molar-refractivity contribution in [3.8, 4) is 0 Å². The molecule has 24 heavy (non-hydrogen) atoms. The minimum Gasteiger partial charge on any atom is -0.269 e. The molecule has 1 amide bonds. The van der Waals surface area contributed by atoms with Gasteiger partial charge in [-0.15, -0.1) is 0 Å². The summed E-state index contributed by atoms with van der Waals surface area (Å²) in [5.74, 6) is 0.497. The molecule has 1 heterocycles. The summed E-state index contributed by atoms with van der Waals surface area (Å²) in [5.41, 5.74) is 3.03. The highest BCUT2D eigenvalue weighted by Crippen LogP contribution is 2.40. The average molecular weight is 317 g/mol. The van der Waals surface area contributed by atoms with Gasteiger partial charge in [0.1, 0.15) is 0 Å². The first-order chi connectivity index (χ1) is 11.7. The van der Waals surface area contributed by atoms with E-state index in [0.29, 0.717) is 11.9 Å². The predicted octanol–water partition coefficient (Wildman–Crippen LogP) is 4.53. The highest BCUT2D eigenvalue weighted by atomic mass is 16.2. The fraction of sp³-hybridized carbons (Fsp3) is 0.200. The second-order valence-corrected chi connectivity index (χ2v) is 6.23. The molecule has 0 saturated heterocycles. The average Bonchev–Trinajstić information content (AvgIpc) is 3.39. The smallest absolute Gasteiger partial charge is 0.256 e. The molecule has 0 aliphatic heterocycles. The van der Waals surface area contributed by atoms with E-state index in [4.69, 9.17) is 5.10 Å². The molecule has 0 N–H and O–H groups in total. The molecule has 1 fully saturated rings.